The number of benzene rings is 1. The van der Waals surface area contributed by atoms with E-state index in [9.17, 15) is 8.42 Å². The summed E-state index contributed by atoms with van der Waals surface area (Å²) in [7, 11) is -3.34. The van der Waals surface area contributed by atoms with Gasteiger partial charge in [-0.1, -0.05) is 24.6 Å². The first-order chi connectivity index (χ1) is 11.1. The summed E-state index contributed by atoms with van der Waals surface area (Å²) in [6, 6.07) is 9.33. The molecule has 1 aromatic rings. The molecule has 1 aromatic carbocycles. The van der Waals surface area contributed by atoms with E-state index >= 15 is 0 Å². The van der Waals surface area contributed by atoms with E-state index in [2.05, 4.69) is 4.90 Å². The van der Waals surface area contributed by atoms with Crippen LogP contribution in [-0.2, 0) is 10.0 Å². The average Bonchev–Trinajstić information content (AvgIpc) is 3.31. The Morgan fingerprint density at radius 1 is 1.00 bits per heavy atom. The lowest BCUT2D eigenvalue weighted by Crippen LogP contribution is -2.42. The van der Waals surface area contributed by atoms with E-state index in [0.29, 0.717) is 29.9 Å². The van der Waals surface area contributed by atoms with Crippen LogP contribution in [0.1, 0.15) is 32.1 Å². The largest absolute Gasteiger partial charge is 0.298 e. The fourth-order valence-corrected chi connectivity index (χ4v) is 5.73. The number of rotatable bonds is 4. The number of nitrogens with zero attached hydrogens (tertiary/aromatic N) is 2. The molecular weight excluding hydrogens is 308 g/mol. The van der Waals surface area contributed by atoms with Crippen molar-refractivity contribution in [2.24, 2.45) is 11.8 Å². The zero-order valence-electron chi connectivity index (χ0n) is 13.6. The molecule has 0 N–H and O–H groups in total. The average molecular weight is 334 g/mol. The van der Waals surface area contributed by atoms with E-state index in [1.165, 1.54) is 38.6 Å². The van der Waals surface area contributed by atoms with Crippen LogP contribution >= 0.6 is 0 Å². The summed E-state index contributed by atoms with van der Waals surface area (Å²) in [6.45, 7) is 3.70. The quantitative estimate of drug-likeness (QED) is 0.850. The first-order valence-electron chi connectivity index (χ1n) is 8.94. The molecule has 3 fully saturated rings. The Hall–Kier alpha value is -0.910. The van der Waals surface area contributed by atoms with Crippen LogP contribution in [-0.4, -0.2) is 49.8 Å². The van der Waals surface area contributed by atoms with Crippen molar-refractivity contribution >= 4 is 10.0 Å². The molecule has 0 amide bonds. The van der Waals surface area contributed by atoms with Gasteiger partial charge in [-0.15, -0.1) is 0 Å². The molecule has 0 unspecified atom stereocenters. The molecule has 0 radical (unpaired) electrons. The van der Waals surface area contributed by atoms with Gasteiger partial charge in [0.15, 0.2) is 0 Å². The lowest BCUT2D eigenvalue weighted by Gasteiger charge is -2.30. The summed E-state index contributed by atoms with van der Waals surface area (Å²) < 4.78 is 27.6. The highest BCUT2D eigenvalue weighted by atomic mass is 32.2. The van der Waals surface area contributed by atoms with Crippen LogP contribution in [0.5, 0.6) is 0 Å². The predicted molar refractivity (Wildman–Crippen MR) is 90.6 cm³/mol. The molecule has 0 bridgehead atoms. The maximum atomic E-state index is 12.9. The maximum absolute atomic E-state index is 12.9. The van der Waals surface area contributed by atoms with E-state index in [1.807, 2.05) is 6.07 Å². The Balaban J connectivity index is 1.54. The maximum Gasteiger partial charge on any atom is 0.243 e. The molecule has 2 saturated heterocycles. The number of hydrogen-bond acceptors (Lipinski definition) is 3. The van der Waals surface area contributed by atoms with E-state index in [-0.39, 0.29) is 0 Å². The highest BCUT2D eigenvalue weighted by molar-refractivity contribution is 7.89. The fourth-order valence-electron chi connectivity index (χ4n) is 4.20. The topological polar surface area (TPSA) is 40.6 Å². The van der Waals surface area contributed by atoms with Crippen LogP contribution in [0.3, 0.4) is 0 Å². The number of hydrogen-bond donors (Lipinski definition) is 0. The minimum absolute atomic E-state index is 0.427. The van der Waals surface area contributed by atoms with E-state index in [0.717, 1.165) is 12.5 Å². The van der Waals surface area contributed by atoms with Crippen molar-refractivity contribution in [2.45, 2.75) is 43.0 Å². The minimum atomic E-state index is -3.34. The van der Waals surface area contributed by atoms with Gasteiger partial charge in [-0.05, 0) is 56.2 Å². The van der Waals surface area contributed by atoms with Gasteiger partial charge in [0, 0.05) is 25.7 Å². The molecule has 1 aliphatic carbocycles. The van der Waals surface area contributed by atoms with Gasteiger partial charge >= 0.3 is 0 Å². The second-order valence-corrected chi connectivity index (χ2v) is 9.33. The summed E-state index contributed by atoms with van der Waals surface area (Å²) in [5.41, 5.74) is 0. The predicted octanol–water partition coefficient (Wildman–Crippen LogP) is 2.57. The van der Waals surface area contributed by atoms with Gasteiger partial charge in [-0.3, -0.25) is 4.90 Å². The SMILES string of the molecule is O=S(=O)(c1ccccc1)N1C[C@@H]2CCCCN(CC3CC3)[C@@H]2C1. The standard InChI is InChI=1S/C18H26N2O2S/c21-23(22,17-7-2-1-3-8-17)20-13-16-6-4-5-11-19(18(16)14-20)12-15-9-10-15/h1-3,7-8,15-16,18H,4-6,9-14H2/t16-,18+/m0/s1. The fraction of sp³-hybridized carbons (Fsp3) is 0.667. The molecule has 126 valence electrons. The number of sulfonamides is 1. The highest BCUT2D eigenvalue weighted by Gasteiger charge is 2.43. The van der Waals surface area contributed by atoms with Gasteiger partial charge in [0.2, 0.25) is 10.0 Å². The van der Waals surface area contributed by atoms with Crippen LogP contribution in [0, 0.1) is 11.8 Å². The molecule has 0 aromatic heterocycles. The summed E-state index contributed by atoms with van der Waals surface area (Å²) in [5, 5.41) is 0. The zero-order valence-corrected chi connectivity index (χ0v) is 14.4. The van der Waals surface area contributed by atoms with Crippen molar-refractivity contribution in [3.63, 3.8) is 0 Å². The Morgan fingerprint density at radius 2 is 1.78 bits per heavy atom. The molecule has 1 saturated carbocycles. The Labute approximate surface area is 139 Å². The molecule has 2 heterocycles. The van der Waals surface area contributed by atoms with Gasteiger partial charge in [-0.25, -0.2) is 8.42 Å². The Kier molecular flexibility index (Phi) is 4.20. The third-order valence-electron chi connectivity index (χ3n) is 5.68. The normalized spacial score (nSPS) is 30.1. The third kappa shape index (κ3) is 3.19. The summed E-state index contributed by atoms with van der Waals surface area (Å²) >= 11 is 0. The molecule has 3 aliphatic rings. The van der Waals surface area contributed by atoms with Crippen LogP contribution < -0.4 is 0 Å². The monoisotopic (exact) mass is 334 g/mol. The van der Waals surface area contributed by atoms with Crippen LogP contribution in [0.4, 0.5) is 0 Å². The molecule has 5 heteroatoms. The van der Waals surface area contributed by atoms with Crippen molar-refractivity contribution < 1.29 is 8.42 Å². The first-order valence-corrected chi connectivity index (χ1v) is 10.4. The van der Waals surface area contributed by atoms with Gasteiger partial charge < -0.3 is 0 Å². The molecule has 2 atom stereocenters. The van der Waals surface area contributed by atoms with Crippen molar-refractivity contribution in [3.05, 3.63) is 30.3 Å². The third-order valence-corrected chi connectivity index (χ3v) is 7.53. The van der Waals surface area contributed by atoms with Gasteiger partial charge in [-0.2, -0.15) is 4.31 Å². The van der Waals surface area contributed by atoms with Crippen molar-refractivity contribution in [1.29, 1.82) is 0 Å². The lowest BCUT2D eigenvalue weighted by atomic mass is 9.98. The number of likely N-dealkylation sites (tertiary alicyclic amines) is 1. The highest BCUT2D eigenvalue weighted by Crippen LogP contribution is 2.36. The summed E-state index contributed by atoms with van der Waals surface area (Å²) in [4.78, 5) is 3.04. The Bertz CT molecular complexity index is 642. The zero-order chi connectivity index (χ0) is 15.9. The molecule has 23 heavy (non-hydrogen) atoms. The number of fused-ring (bicyclic) bond motifs is 1. The smallest absolute Gasteiger partial charge is 0.243 e. The summed E-state index contributed by atoms with van der Waals surface area (Å²) in [5.74, 6) is 1.38. The molecule has 2 aliphatic heterocycles. The van der Waals surface area contributed by atoms with Crippen molar-refractivity contribution in [3.8, 4) is 0 Å². The molecular formula is C18H26N2O2S. The van der Waals surface area contributed by atoms with Gasteiger partial charge in [0.1, 0.15) is 0 Å². The van der Waals surface area contributed by atoms with Gasteiger partial charge in [0.05, 0.1) is 4.90 Å². The molecule has 0 spiro atoms. The second-order valence-electron chi connectivity index (χ2n) is 7.40. The van der Waals surface area contributed by atoms with Crippen molar-refractivity contribution in [1.82, 2.24) is 9.21 Å². The van der Waals surface area contributed by atoms with E-state index in [1.54, 1.807) is 28.6 Å². The second kappa shape index (κ2) is 6.19. The van der Waals surface area contributed by atoms with Crippen molar-refractivity contribution in [2.75, 3.05) is 26.2 Å². The molecule has 4 rings (SSSR count). The molecule has 4 nitrogen and oxygen atoms in total. The summed E-state index contributed by atoms with van der Waals surface area (Å²) in [6.07, 6.45) is 6.40. The van der Waals surface area contributed by atoms with Crippen LogP contribution in [0.15, 0.2) is 35.2 Å². The minimum Gasteiger partial charge on any atom is -0.298 e. The Morgan fingerprint density at radius 3 is 2.52 bits per heavy atom. The van der Waals surface area contributed by atoms with E-state index in [4.69, 9.17) is 0 Å². The first kappa shape index (κ1) is 15.6. The van der Waals surface area contributed by atoms with Crippen LogP contribution in [0.25, 0.3) is 0 Å². The van der Waals surface area contributed by atoms with E-state index < -0.39 is 10.0 Å². The van der Waals surface area contributed by atoms with Crippen LogP contribution in [0.2, 0.25) is 0 Å². The lowest BCUT2D eigenvalue weighted by molar-refractivity contribution is 0.177. The van der Waals surface area contributed by atoms with Gasteiger partial charge in [0.25, 0.3) is 0 Å².